The lowest BCUT2D eigenvalue weighted by molar-refractivity contribution is -0.150. The van der Waals surface area contributed by atoms with Crippen molar-refractivity contribution in [3.63, 3.8) is 0 Å². The van der Waals surface area contributed by atoms with Crippen LogP contribution in [-0.2, 0) is 20.9 Å². The van der Waals surface area contributed by atoms with Crippen LogP contribution < -0.4 is 0 Å². The summed E-state index contributed by atoms with van der Waals surface area (Å²) in [5.41, 5.74) is 1.07. The molecule has 1 aromatic carbocycles. The van der Waals surface area contributed by atoms with E-state index in [2.05, 4.69) is 4.74 Å². The fourth-order valence-electron chi connectivity index (χ4n) is 2.34. The first kappa shape index (κ1) is 12.6. The number of hydrogen-bond acceptors (Lipinski definition) is 3. The van der Waals surface area contributed by atoms with Crippen LogP contribution in [0.2, 0.25) is 0 Å². The maximum atomic E-state index is 12.1. The van der Waals surface area contributed by atoms with E-state index in [9.17, 15) is 9.59 Å². The summed E-state index contributed by atoms with van der Waals surface area (Å²) in [6.07, 6.45) is 0.540. The van der Waals surface area contributed by atoms with Crippen molar-refractivity contribution < 1.29 is 14.3 Å². The van der Waals surface area contributed by atoms with Gasteiger partial charge in [0.1, 0.15) is 5.92 Å². The normalized spacial score (nSPS) is 23.2. The quantitative estimate of drug-likeness (QED) is 0.602. The molecule has 0 bridgehead atoms. The van der Waals surface area contributed by atoms with Crippen LogP contribution in [0.4, 0.5) is 0 Å². The smallest absolute Gasteiger partial charge is 0.318 e. The number of likely N-dealkylation sites (tertiary alicyclic amines) is 1. The van der Waals surface area contributed by atoms with Gasteiger partial charge in [-0.15, -0.1) is 0 Å². The summed E-state index contributed by atoms with van der Waals surface area (Å²) >= 11 is 0. The average molecular weight is 247 g/mol. The van der Waals surface area contributed by atoms with Crippen LogP contribution in [0.25, 0.3) is 0 Å². The van der Waals surface area contributed by atoms with Gasteiger partial charge >= 0.3 is 5.97 Å². The summed E-state index contributed by atoms with van der Waals surface area (Å²) in [5.74, 6) is -1.19. The van der Waals surface area contributed by atoms with E-state index < -0.39 is 11.9 Å². The Bertz CT molecular complexity index is 444. The number of carbonyl (C=O) groups is 2. The highest BCUT2D eigenvalue weighted by Crippen LogP contribution is 2.27. The zero-order valence-corrected chi connectivity index (χ0v) is 10.6. The minimum absolute atomic E-state index is 0.0711. The number of nitrogens with zero attached hydrogens (tertiary/aromatic N) is 1. The first-order chi connectivity index (χ1) is 8.63. The third kappa shape index (κ3) is 2.37. The number of ether oxygens (including phenoxy) is 1. The molecule has 1 aliphatic heterocycles. The van der Waals surface area contributed by atoms with E-state index in [1.165, 1.54) is 7.11 Å². The molecule has 0 unspecified atom stereocenters. The molecule has 4 nitrogen and oxygen atoms in total. The topological polar surface area (TPSA) is 46.6 Å². The second-order valence-electron chi connectivity index (χ2n) is 4.61. The molecule has 4 heteroatoms. The summed E-state index contributed by atoms with van der Waals surface area (Å²) in [6.45, 7) is 2.51. The monoisotopic (exact) mass is 247 g/mol. The molecule has 2 atom stereocenters. The Balaban J connectivity index is 2.10. The zero-order chi connectivity index (χ0) is 13.1. The van der Waals surface area contributed by atoms with Crippen LogP contribution in [0, 0.1) is 5.92 Å². The van der Waals surface area contributed by atoms with Crippen molar-refractivity contribution in [3.8, 4) is 0 Å². The highest BCUT2D eigenvalue weighted by atomic mass is 16.5. The average Bonchev–Trinajstić information content (AvgIpc) is 2.67. The van der Waals surface area contributed by atoms with Crippen molar-refractivity contribution in [1.82, 2.24) is 4.90 Å². The van der Waals surface area contributed by atoms with Crippen LogP contribution in [0.5, 0.6) is 0 Å². The van der Waals surface area contributed by atoms with Crippen molar-refractivity contribution in [2.45, 2.75) is 25.9 Å². The Morgan fingerprint density at radius 3 is 2.67 bits per heavy atom. The summed E-state index contributed by atoms with van der Waals surface area (Å²) in [6, 6.07) is 9.85. The molecule has 1 fully saturated rings. The second-order valence-corrected chi connectivity index (χ2v) is 4.61. The van der Waals surface area contributed by atoms with Crippen molar-refractivity contribution in [1.29, 1.82) is 0 Å². The van der Waals surface area contributed by atoms with Gasteiger partial charge in [-0.3, -0.25) is 9.59 Å². The molecule has 1 aromatic rings. The molecule has 1 amide bonds. The summed E-state index contributed by atoms with van der Waals surface area (Å²) in [4.78, 5) is 25.4. The van der Waals surface area contributed by atoms with Crippen LogP contribution >= 0.6 is 0 Å². The highest BCUT2D eigenvalue weighted by Gasteiger charge is 2.41. The lowest BCUT2D eigenvalue weighted by atomic mass is 10.1. The van der Waals surface area contributed by atoms with Gasteiger partial charge in [-0.05, 0) is 18.9 Å². The van der Waals surface area contributed by atoms with E-state index in [4.69, 9.17) is 0 Å². The summed E-state index contributed by atoms with van der Waals surface area (Å²) in [7, 11) is 1.32. The predicted molar refractivity (Wildman–Crippen MR) is 66.6 cm³/mol. The Morgan fingerprint density at radius 2 is 2.06 bits per heavy atom. The van der Waals surface area contributed by atoms with Crippen LogP contribution in [0.3, 0.4) is 0 Å². The van der Waals surface area contributed by atoms with Gasteiger partial charge in [0.15, 0.2) is 0 Å². The molecule has 2 rings (SSSR count). The number of benzene rings is 1. The standard InChI is InChI=1S/C14H17NO3/c1-10-8-12(14(17)18-2)13(16)15(10)9-11-6-4-3-5-7-11/h3-7,10,12H,8-9H2,1-2H3/t10-,12-/m0/s1. The van der Waals surface area contributed by atoms with E-state index in [1.807, 2.05) is 37.3 Å². The molecule has 1 aliphatic rings. The third-order valence-corrected chi connectivity index (χ3v) is 3.37. The zero-order valence-electron chi connectivity index (χ0n) is 10.6. The predicted octanol–water partition coefficient (Wildman–Crippen LogP) is 1.60. The molecular formula is C14H17NO3. The van der Waals surface area contributed by atoms with Gasteiger partial charge in [0.25, 0.3) is 0 Å². The largest absolute Gasteiger partial charge is 0.468 e. The Labute approximate surface area is 107 Å². The number of methoxy groups -OCH3 is 1. The molecule has 18 heavy (non-hydrogen) atoms. The minimum atomic E-state index is -0.631. The van der Waals surface area contributed by atoms with Gasteiger partial charge in [-0.2, -0.15) is 0 Å². The Kier molecular flexibility index (Phi) is 3.65. The number of amides is 1. The number of esters is 1. The number of rotatable bonds is 3. The highest BCUT2D eigenvalue weighted by molar-refractivity contribution is 5.99. The van der Waals surface area contributed by atoms with E-state index in [1.54, 1.807) is 4.90 Å². The first-order valence-corrected chi connectivity index (χ1v) is 6.05. The molecule has 1 heterocycles. The van der Waals surface area contributed by atoms with E-state index in [0.717, 1.165) is 5.56 Å². The second kappa shape index (κ2) is 5.21. The molecule has 0 aromatic heterocycles. The third-order valence-electron chi connectivity index (χ3n) is 3.37. The lowest BCUT2D eigenvalue weighted by Gasteiger charge is -2.21. The van der Waals surface area contributed by atoms with E-state index in [-0.39, 0.29) is 11.9 Å². The molecular weight excluding hydrogens is 230 g/mol. The van der Waals surface area contributed by atoms with Crippen molar-refractivity contribution >= 4 is 11.9 Å². The Morgan fingerprint density at radius 1 is 1.39 bits per heavy atom. The van der Waals surface area contributed by atoms with Crippen LogP contribution in [0.1, 0.15) is 18.9 Å². The number of carbonyl (C=O) groups excluding carboxylic acids is 2. The van der Waals surface area contributed by atoms with Crippen molar-refractivity contribution in [3.05, 3.63) is 35.9 Å². The van der Waals surface area contributed by atoms with Gasteiger partial charge in [-0.25, -0.2) is 0 Å². The molecule has 0 aliphatic carbocycles. The number of hydrogen-bond donors (Lipinski definition) is 0. The van der Waals surface area contributed by atoms with Gasteiger partial charge in [0.05, 0.1) is 7.11 Å². The Hall–Kier alpha value is -1.84. The molecule has 0 N–H and O–H groups in total. The fourth-order valence-corrected chi connectivity index (χ4v) is 2.34. The van der Waals surface area contributed by atoms with Crippen molar-refractivity contribution in [2.75, 3.05) is 7.11 Å². The lowest BCUT2D eigenvalue weighted by Crippen LogP contribution is -2.33. The van der Waals surface area contributed by atoms with Crippen LogP contribution in [-0.4, -0.2) is 29.9 Å². The van der Waals surface area contributed by atoms with E-state index in [0.29, 0.717) is 13.0 Å². The molecule has 0 spiro atoms. The fraction of sp³-hybridized carbons (Fsp3) is 0.429. The minimum Gasteiger partial charge on any atom is -0.468 e. The van der Waals surface area contributed by atoms with Crippen LogP contribution in [0.15, 0.2) is 30.3 Å². The molecule has 0 radical (unpaired) electrons. The SMILES string of the molecule is COC(=O)[C@H]1C[C@H](C)N(Cc2ccccc2)C1=O. The van der Waals surface area contributed by atoms with E-state index >= 15 is 0 Å². The molecule has 1 saturated heterocycles. The summed E-state index contributed by atoms with van der Waals surface area (Å²) in [5, 5.41) is 0. The summed E-state index contributed by atoms with van der Waals surface area (Å²) < 4.78 is 4.66. The van der Waals surface area contributed by atoms with Gasteiger partial charge in [0, 0.05) is 12.6 Å². The molecule has 0 saturated carbocycles. The van der Waals surface area contributed by atoms with Crippen molar-refractivity contribution in [2.24, 2.45) is 5.92 Å². The first-order valence-electron chi connectivity index (χ1n) is 6.05. The molecule has 96 valence electrons. The van der Waals surface area contributed by atoms with Gasteiger partial charge in [0.2, 0.25) is 5.91 Å². The maximum Gasteiger partial charge on any atom is 0.318 e. The van der Waals surface area contributed by atoms with Gasteiger partial charge < -0.3 is 9.64 Å². The van der Waals surface area contributed by atoms with Gasteiger partial charge in [-0.1, -0.05) is 30.3 Å². The maximum absolute atomic E-state index is 12.1.